The molecule has 0 fully saturated rings. The summed E-state index contributed by atoms with van der Waals surface area (Å²) in [6.45, 7) is 3.97. The number of esters is 2. The molecule has 0 aromatic carbocycles. The van der Waals surface area contributed by atoms with Crippen molar-refractivity contribution < 1.29 is 19.1 Å². The maximum atomic E-state index is 11.4. The maximum Gasteiger partial charge on any atom is 0.318 e. The first-order valence-corrected chi connectivity index (χ1v) is 7.44. The van der Waals surface area contributed by atoms with E-state index in [2.05, 4.69) is 25.3 Å². The van der Waals surface area contributed by atoms with Gasteiger partial charge in [0.25, 0.3) is 0 Å². The van der Waals surface area contributed by atoms with Gasteiger partial charge in [0.2, 0.25) is 0 Å². The van der Waals surface area contributed by atoms with Gasteiger partial charge in [-0.3, -0.25) is 9.59 Å². The topological polar surface area (TPSA) is 52.6 Å². The highest BCUT2D eigenvalue weighted by molar-refractivity contribution is 8.01. The van der Waals surface area contributed by atoms with Gasteiger partial charge in [0.05, 0.1) is 0 Å². The molecule has 4 nitrogen and oxygen atoms in total. The Bertz CT molecular complexity index is 224. The average molecular weight is 298 g/mol. The monoisotopic (exact) mass is 298 g/mol. The molecule has 0 bridgehead atoms. The zero-order valence-corrected chi connectivity index (χ0v) is 12.5. The van der Waals surface area contributed by atoms with Crippen molar-refractivity contribution in [3.8, 4) is 0 Å². The number of hydrogen-bond donors (Lipinski definition) is 2. The molecule has 0 saturated carbocycles. The lowest BCUT2D eigenvalue weighted by Crippen LogP contribution is -2.25. The van der Waals surface area contributed by atoms with Gasteiger partial charge < -0.3 is 9.47 Å². The molecule has 0 amide bonds. The Morgan fingerprint density at radius 3 is 1.65 bits per heavy atom. The number of thiol groups is 2. The van der Waals surface area contributed by atoms with Crippen LogP contribution in [0.15, 0.2) is 0 Å². The molecular formula is C10H18O4S3. The van der Waals surface area contributed by atoms with E-state index in [1.807, 2.05) is 0 Å². The normalized spacial score (nSPS) is 13.9. The van der Waals surface area contributed by atoms with Gasteiger partial charge in [0.15, 0.2) is 0 Å². The van der Waals surface area contributed by atoms with Gasteiger partial charge in [-0.1, -0.05) is 0 Å². The summed E-state index contributed by atoms with van der Waals surface area (Å²) < 4.78 is 9.83. The van der Waals surface area contributed by atoms with Crippen LogP contribution in [0.2, 0.25) is 0 Å². The Labute approximate surface area is 117 Å². The van der Waals surface area contributed by atoms with Crippen molar-refractivity contribution in [2.24, 2.45) is 0 Å². The first-order valence-electron chi connectivity index (χ1n) is 5.23. The first-order chi connectivity index (χ1) is 8.02. The van der Waals surface area contributed by atoms with Crippen LogP contribution >= 0.6 is 37.0 Å². The summed E-state index contributed by atoms with van der Waals surface area (Å²) in [6, 6.07) is 0. The van der Waals surface area contributed by atoms with E-state index in [1.165, 1.54) is 11.8 Å². The van der Waals surface area contributed by atoms with E-state index in [0.29, 0.717) is 11.5 Å². The van der Waals surface area contributed by atoms with Crippen LogP contribution in [-0.4, -0.2) is 47.2 Å². The first kappa shape index (κ1) is 17.0. The number of carbonyl (C=O) groups is 2. The lowest BCUT2D eigenvalue weighted by atomic mass is 10.5. The second kappa shape index (κ2) is 9.96. The minimum atomic E-state index is -0.395. The van der Waals surface area contributed by atoms with Crippen molar-refractivity contribution >= 4 is 49.0 Å². The van der Waals surface area contributed by atoms with Crippen molar-refractivity contribution in [2.45, 2.75) is 24.3 Å². The fourth-order valence-electron chi connectivity index (χ4n) is 0.944. The standard InChI is InChI=1S/C10H18O4S3/c1-7(9(11)13-3-5-15)17-8(2)10(12)14-4-6-16/h7-8,15-16H,3-6H2,1-2H3. The zero-order chi connectivity index (χ0) is 13.3. The molecule has 0 rings (SSSR count). The van der Waals surface area contributed by atoms with Crippen LogP contribution in [0.25, 0.3) is 0 Å². The lowest BCUT2D eigenvalue weighted by molar-refractivity contribution is -0.142. The third-order valence-electron chi connectivity index (χ3n) is 1.74. The van der Waals surface area contributed by atoms with Crippen molar-refractivity contribution in [1.29, 1.82) is 0 Å². The Morgan fingerprint density at radius 1 is 1.00 bits per heavy atom. The number of carbonyl (C=O) groups excluding carboxylic acids is 2. The minimum absolute atomic E-state index is 0.283. The van der Waals surface area contributed by atoms with Crippen LogP contribution in [0.5, 0.6) is 0 Å². The highest BCUT2D eigenvalue weighted by Gasteiger charge is 2.23. The molecule has 0 aromatic rings. The summed E-state index contributed by atoms with van der Waals surface area (Å²) >= 11 is 9.10. The molecule has 0 aromatic heterocycles. The van der Waals surface area contributed by atoms with Gasteiger partial charge in [0.1, 0.15) is 23.7 Å². The molecule has 0 heterocycles. The molecule has 0 spiro atoms. The van der Waals surface area contributed by atoms with Crippen LogP contribution in [0.4, 0.5) is 0 Å². The second-order valence-corrected chi connectivity index (χ2v) is 5.78. The molecule has 100 valence electrons. The van der Waals surface area contributed by atoms with E-state index in [-0.39, 0.29) is 25.2 Å². The molecule has 0 aliphatic heterocycles. The predicted molar refractivity (Wildman–Crippen MR) is 76.1 cm³/mol. The Hall–Kier alpha value is -0.0100. The van der Waals surface area contributed by atoms with Gasteiger partial charge >= 0.3 is 11.9 Å². The quantitative estimate of drug-likeness (QED) is 0.525. The van der Waals surface area contributed by atoms with Crippen molar-refractivity contribution in [3.05, 3.63) is 0 Å². The van der Waals surface area contributed by atoms with Gasteiger partial charge in [0, 0.05) is 11.5 Å². The van der Waals surface area contributed by atoms with Crippen LogP contribution in [0.3, 0.4) is 0 Å². The summed E-state index contributed by atoms with van der Waals surface area (Å²) in [6.07, 6.45) is 0. The summed E-state index contributed by atoms with van der Waals surface area (Å²) in [5, 5.41) is -0.790. The summed E-state index contributed by atoms with van der Waals surface area (Å²) in [7, 11) is 0. The lowest BCUT2D eigenvalue weighted by Gasteiger charge is -2.15. The van der Waals surface area contributed by atoms with Gasteiger partial charge in [-0.05, 0) is 13.8 Å². The number of rotatable bonds is 8. The fraction of sp³-hybridized carbons (Fsp3) is 0.800. The molecule has 7 heteroatoms. The SMILES string of the molecule is CC(SC(C)C(=O)OCCS)C(=O)OCCS. The molecule has 0 aliphatic carbocycles. The minimum Gasteiger partial charge on any atom is -0.464 e. The fourth-order valence-corrected chi connectivity index (χ4v) is 2.10. The van der Waals surface area contributed by atoms with E-state index in [1.54, 1.807) is 13.8 Å². The molecule has 0 aliphatic rings. The van der Waals surface area contributed by atoms with E-state index >= 15 is 0 Å². The van der Waals surface area contributed by atoms with Crippen molar-refractivity contribution in [2.75, 3.05) is 24.7 Å². The van der Waals surface area contributed by atoms with Crippen molar-refractivity contribution in [1.82, 2.24) is 0 Å². The molecule has 0 radical (unpaired) electrons. The summed E-state index contributed by atoms with van der Waals surface area (Å²) in [5.41, 5.74) is 0. The van der Waals surface area contributed by atoms with E-state index in [9.17, 15) is 9.59 Å². The van der Waals surface area contributed by atoms with Crippen molar-refractivity contribution in [3.63, 3.8) is 0 Å². The molecular weight excluding hydrogens is 280 g/mol. The van der Waals surface area contributed by atoms with E-state index < -0.39 is 10.5 Å². The highest BCUT2D eigenvalue weighted by Crippen LogP contribution is 2.19. The average Bonchev–Trinajstić information content (AvgIpc) is 2.32. The van der Waals surface area contributed by atoms with Crippen LogP contribution in [0.1, 0.15) is 13.8 Å². The molecule has 2 unspecified atom stereocenters. The van der Waals surface area contributed by atoms with E-state index in [4.69, 9.17) is 9.47 Å². The zero-order valence-electron chi connectivity index (χ0n) is 9.92. The smallest absolute Gasteiger partial charge is 0.318 e. The molecule has 0 saturated heterocycles. The number of thioether (sulfide) groups is 1. The van der Waals surface area contributed by atoms with Gasteiger partial charge in [-0.15, -0.1) is 11.8 Å². The molecule has 0 N–H and O–H groups in total. The Balaban J connectivity index is 3.96. The third kappa shape index (κ3) is 7.83. The van der Waals surface area contributed by atoms with Crippen LogP contribution in [0, 0.1) is 0 Å². The van der Waals surface area contributed by atoms with Gasteiger partial charge in [-0.25, -0.2) is 0 Å². The summed E-state index contributed by atoms with van der Waals surface area (Å²) in [4.78, 5) is 22.9. The predicted octanol–water partition coefficient (Wildman–Crippen LogP) is 1.44. The molecule has 17 heavy (non-hydrogen) atoms. The van der Waals surface area contributed by atoms with E-state index in [0.717, 1.165) is 0 Å². The Morgan fingerprint density at radius 2 is 1.35 bits per heavy atom. The van der Waals surface area contributed by atoms with Crippen LogP contribution in [-0.2, 0) is 19.1 Å². The third-order valence-corrected chi connectivity index (χ3v) is 3.31. The second-order valence-electron chi connectivity index (χ2n) is 3.20. The highest BCUT2D eigenvalue weighted by atomic mass is 32.2. The summed E-state index contributed by atoms with van der Waals surface area (Å²) in [5.74, 6) is 0.307. The number of hydrogen-bond acceptors (Lipinski definition) is 7. The van der Waals surface area contributed by atoms with Gasteiger partial charge in [-0.2, -0.15) is 25.3 Å². The van der Waals surface area contributed by atoms with Crippen LogP contribution < -0.4 is 0 Å². The largest absolute Gasteiger partial charge is 0.464 e. The molecule has 2 atom stereocenters. The maximum absolute atomic E-state index is 11.4. The number of ether oxygens (including phenoxy) is 2. The Kier molecular flexibility index (Phi) is 9.96.